The smallest absolute Gasteiger partial charge is 0.306 e. The van der Waals surface area contributed by atoms with Gasteiger partial charge in [0.2, 0.25) is 0 Å². The van der Waals surface area contributed by atoms with Crippen molar-refractivity contribution in [2.45, 2.75) is 25.7 Å². The minimum absolute atomic E-state index is 0.0826. The zero-order chi connectivity index (χ0) is 15.4. The maximum Gasteiger partial charge on any atom is 0.306 e. The Morgan fingerprint density at radius 1 is 1.29 bits per heavy atom. The van der Waals surface area contributed by atoms with Crippen LogP contribution in [0.25, 0.3) is 0 Å². The Bertz CT molecular complexity index is 542. The summed E-state index contributed by atoms with van der Waals surface area (Å²) in [6, 6.07) is 5.66. The molecule has 1 fully saturated rings. The fraction of sp³-hybridized carbons (Fsp3) is 0.467. The second-order valence-electron chi connectivity index (χ2n) is 5.39. The highest BCUT2D eigenvalue weighted by molar-refractivity contribution is 14.1. The van der Waals surface area contributed by atoms with Gasteiger partial charge in [-0.2, -0.15) is 0 Å². The Morgan fingerprint density at radius 3 is 2.57 bits per heavy atom. The average Bonchev–Trinajstić information content (AvgIpc) is 2.47. The summed E-state index contributed by atoms with van der Waals surface area (Å²) in [5, 5.41) is 11.9. The molecular formula is C15H17BrINO3. The van der Waals surface area contributed by atoms with Crippen LogP contribution in [0.3, 0.4) is 0 Å². The number of carboxylic acid groups (broad SMARTS) is 1. The van der Waals surface area contributed by atoms with Crippen molar-refractivity contribution in [3.63, 3.8) is 0 Å². The van der Waals surface area contributed by atoms with E-state index in [1.54, 1.807) is 0 Å². The number of benzene rings is 1. The van der Waals surface area contributed by atoms with Crippen LogP contribution in [0.15, 0.2) is 22.7 Å². The van der Waals surface area contributed by atoms with E-state index in [2.05, 4.69) is 43.8 Å². The van der Waals surface area contributed by atoms with Crippen LogP contribution in [0.4, 0.5) is 0 Å². The number of halogens is 2. The molecular weight excluding hydrogens is 449 g/mol. The normalized spacial score (nSPS) is 21.8. The minimum atomic E-state index is -0.694. The highest BCUT2D eigenvalue weighted by Gasteiger charge is 2.26. The lowest BCUT2D eigenvalue weighted by atomic mass is 9.82. The van der Waals surface area contributed by atoms with E-state index in [0.29, 0.717) is 30.9 Å². The number of nitrogens with one attached hydrogen (secondary N) is 1. The zero-order valence-corrected chi connectivity index (χ0v) is 15.2. The quantitative estimate of drug-likeness (QED) is 0.666. The molecule has 1 aliphatic carbocycles. The van der Waals surface area contributed by atoms with Crippen molar-refractivity contribution in [2.75, 3.05) is 6.54 Å². The number of rotatable bonds is 4. The second-order valence-corrected chi connectivity index (χ2v) is 7.49. The standard InChI is InChI=1S/C15H17BrINO3/c16-13-6-5-11(17)7-12(13)14(19)18-8-9-1-3-10(4-2-9)15(20)21/h5-7,9-10H,1-4,8H2,(H,18,19)(H,20,21). The van der Waals surface area contributed by atoms with Gasteiger partial charge in [-0.15, -0.1) is 0 Å². The molecule has 0 aliphatic heterocycles. The van der Waals surface area contributed by atoms with Crippen molar-refractivity contribution in [1.29, 1.82) is 0 Å². The topological polar surface area (TPSA) is 66.4 Å². The van der Waals surface area contributed by atoms with Crippen molar-refractivity contribution >= 4 is 50.4 Å². The van der Waals surface area contributed by atoms with Gasteiger partial charge in [0.1, 0.15) is 0 Å². The molecule has 0 spiro atoms. The van der Waals surface area contributed by atoms with E-state index in [0.717, 1.165) is 20.9 Å². The van der Waals surface area contributed by atoms with Crippen LogP contribution in [0.5, 0.6) is 0 Å². The van der Waals surface area contributed by atoms with Gasteiger partial charge in [0.05, 0.1) is 11.5 Å². The zero-order valence-electron chi connectivity index (χ0n) is 11.4. The van der Waals surface area contributed by atoms with E-state index in [1.165, 1.54) is 0 Å². The molecule has 0 heterocycles. The summed E-state index contributed by atoms with van der Waals surface area (Å²) in [7, 11) is 0. The highest BCUT2D eigenvalue weighted by Crippen LogP contribution is 2.28. The molecule has 0 atom stereocenters. The van der Waals surface area contributed by atoms with Crippen LogP contribution in [0, 0.1) is 15.4 Å². The van der Waals surface area contributed by atoms with Crippen molar-refractivity contribution in [1.82, 2.24) is 5.32 Å². The fourth-order valence-electron chi connectivity index (χ4n) is 2.62. The summed E-state index contributed by atoms with van der Waals surface area (Å²) in [5.41, 5.74) is 0.640. The predicted octanol–water partition coefficient (Wildman–Crippen LogP) is 3.67. The number of aliphatic carboxylic acids is 1. The molecule has 1 amide bonds. The summed E-state index contributed by atoms with van der Waals surface area (Å²) < 4.78 is 1.80. The van der Waals surface area contributed by atoms with Gasteiger partial charge in [-0.3, -0.25) is 9.59 Å². The molecule has 2 N–H and O–H groups in total. The maximum atomic E-state index is 12.2. The third kappa shape index (κ3) is 4.67. The Morgan fingerprint density at radius 2 is 1.95 bits per heavy atom. The Balaban J connectivity index is 1.85. The molecule has 0 saturated heterocycles. The first-order chi connectivity index (χ1) is 9.97. The molecule has 21 heavy (non-hydrogen) atoms. The number of carbonyl (C=O) groups excluding carboxylic acids is 1. The van der Waals surface area contributed by atoms with E-state index in [-0.39, 0.29) is 11.8 Å². The van der Waals surface area contributed by atoms with E-state index in [9.17, 15) is 9.59 Å². The Labute approximate surface area is 146 Å². The molecule has 1 aromatic carbocycles. The lowest BCUT2D eigenvalue weighted by molar-refractivity contribution is -0.143. The van der Waals surface area contributed by atoms with Gasteiger partial charge < -0.3 is 10.4 Å². The van der Waals surface area contributed by atoms with Crippen LogP contribution in [0.1, 0.15) is 36.0 Å². The number of carboxylic acids is 1. The molecule has 2 rings (SSSR count). The second kappa shape index (κ2) is 7.58. The lowest BCUT2D eigenvalue weighted by Crippen LogP contribution is -2.32. The van der Waals surface area contributed by atoms with Gasteiger partial charge in [-0.05, 0) is 88.3 Å². The first kappa shape index (κ1) is 16.7. The third-order valence-electron chi connectivity index (χ3n) is 3.92. The van der Waals surface area contributed by atoms with Crippen molar-refractivity contribution in [2.24, 2.45) is 11.8 Å². The summed E-state index contributed by atoms with van der Waals surface area (Å²) in [6.07, 6.45) is 3.15. The van der Waals surface area contributed by atoms with Gasteiger partial charge in [-0.1, -0.05) is 0 Å². The number of hydrogen-bond donors (Lipinski definition) is 2. The van der Waals surface area contributed by atoms with E-state index >= 15 is 0 Å². The molecule has 6 heteroatoms. The molecule has 114 valence electrons. The largest absolute Gasteiger partial charge is 0.481 e. The van der Waals surface area contributed by atoms with Gasteiger partial charge in [-0.25, -0.2) is 0 Å². The maximum absolute atomic E-state index is 12.2. The van der Waals surface area contributed by atoms with Crippen LogP contribution in [-0.4, -0.2) is 23.5 Å². The van der Waals surface area contributed by atoms with E-state index < -0.39 is 5.97 Å². The molecule has 1 saturated carbocycles. The molecule has 0 unspecified atom stereocenters. The van der Waals surface area contributed by atoms with Gasteiger partial charge in [0.25, 0.3) is 5.91 Å². The average molecular weight is 466 g/mol. The number of carbonyl (C=O) groups is 2. The SMILES string of the molecule is O=C(NCC1CCC(C(=O)O)CC1)c1cc(I)ccc1Br. The van der Waals surface area contributed by atoms with Crippen LogP contribution < -0.4 is 5.32 Å². The van der Waals surface area contributed by atoms with Crippen molar-refractivity contribution < 1.29 is 14.7 Å². The Hall–Kier alpha value is -0.630. The monoisotopic (exact) mass is 465 g/mol. The molecule has 0 bridgehead atoms. The van der Waals surface area contributed by atoms with E-state index in [4.69, 9.17) is 5.11 Å². The predicted molar refractivity (Wildman–Crippen MR) is 92.3 cm³/mol. The fourth-order valence-corrected chi connectivity index (χ4v) is 3.54. The van der Waals surface area contributed by atoms with Crippen LogP contribution in [-0.2, 0) is 4.79 Å². The van der Waals surface area contributed by atoms with Gasteiger partial charge in [0, 0.05) is 14.6 Å². The number of hydrogen-bond acceptors (Lipinski definition) is 2. The summed E-state index contributed by atoms with van der Waals surface area (Å²) in [5.74, 6) is -0.603. The lowest BCUT2D eigenvalue weighted by Gasteiger charge is -2.26. The highest BCUT2D eigenvalue weighted by atomic mass is 127. The van der Waals surface area contributed by atoms with Gasteiger partial charge in [0.15, 0.2) is 0 Å². The first-order valence-electron chi connectivity index (χ1n) is 6.93. The molecule has 0 radical (unpaired) electrons. The first-order valence-corrected chi connectivity index (χ1v) is 8.80. The summed E-state index contributed by atoms with van der Waals surface area (Å²) >= 11 is 5.57. The molecule has 1 aliphatic rings. The van der Waals surface area contributed by atoms with Crippen LogP contribution >= 0.6 is 38.5 Å². The minimum Gasteiger partial charge on any atom is -0.481 e. The van der Waals surface area contributed by atoms with Crippen molar-refractivity contribution in [3.05, 3.63) is 31.8 Å². The number of amides is 1. The third-order valence-corrected chi connectivity index (χ3v) is 5.28. The molecule has 0 aromatic heterocycles. The molecule has 1 aromatic rings. The Kier molecular flexibility index (Phi) is 6.04. The van der Waals surface area contributed by atoms with E-state index in [1.807, 2.05) is 18.2 Å². The summed E-state index contributed by atoms with van der Waals surface area (Å²) in [6.45, 7) is 0.614. The van der Waals surface area contributed by atoms with Crippen molar-refractivity contribution in [3.8, 4) is 0 Å². The van der Waals surface area contributed by atoms with Gasteiger partial charge >= 0.3 is 5.97 Å². The molecule has 4 nitrogen and oxygen atoms in total. The summed E-state index contributed by atoms with van der Waals surface area (Å²) in [4.78, 5) is 23.1. The van der Waals surface area contributed by atoms with Crippen LogP contribution in [0.2, 0.25) is 0 Å².